The van der Waals surface area contributed by atoms with Gasteiger partial charge in [0.15, 0.2) is 0 Å². The highest BCUT2D eigenvalue weighted by atomic mass is 19.4. The molecule has 1 aromatic carbocycles. The van der Waals surface area contributed by atoms with Gasteiger partial charge in [0.05, 0.1) is 11.7 Å². The molecule has 1 aromatic rings. The molecule has 19 heavy (non-hydrogen) atoms. The lowest BCUT2D eigenvalue weighted by Crippen LogP contribution is -2.13. The van der Waals surface area contributed by atoms with E-state index in [1.807, 2.05) is 0 Å². The van der Waals surface area contributed by atoms with E-state index in [0.29, 0.717) is 5.56 Å². The van der Waals surface area contributed by atoms with Crippen molar-refractivity contribution in [3.8, 4) is 0 Å². The van der Waals surface area contributed by atoms with Crippen LogP contribution < -0.4 is 0 Å². The number of hydrogen-bond acceptors (Lipinski definition) is 1. The highest BCUT2D eigenvalue weighted by Crippen LogP contribution is 2.36. The summed E-state index contributed by atoms with van der Waals surface area (Å²) in [4.78, 5) is 0. The summed E-state index contributed by atoms with van der Waals surface area (Å²) in [6, 6.07) is 5.09. The maximum absolute atomic E-state index is 12.7. The lowest BCUT2D eigenvalue weighted by Gasteiger charge is -2.22. The molecule has 0 spiro atoms. The van der Waals surface area contributed by atoms with Crippen LogP contribution in [0.4, 0.5) is 13.2 Å². The van der Waals surface area contributed by atoms with Crippen LogP contribution in [0.5, 0.6) is 0 Å². The van der Waals surface area contributed by atoms with Gasteiger partial charge in [-0.05, 0) is 36.5 Å². The molecule has 0 aliphatic heterocycles. The average molecular weight is 272 g/mol. The molecule has 1 nitrogen and oxygen atoms in total. The van der Waals surface area contributed by atoms with Crippen LogP contribution >= 0.6 is 0 Å². The molecule has 0 saturated heterocycles. The maximum atomic E-state index is 12.7. The molecule has 1 fully saturated rings. The van der Waals surface area contributed by atoms with E-state index in [2.05, 4.69) is 0 Å². The molecule has 1 atom stereocenters. The second-order valence-corrected chi connectivity index (χ2v) is 5.32. The quantitative estimate of drug-likeness (QED) is 0.773. The first-order valence-corrected chi connectivity index (χ1v) is 6.84. The third-order valence-electron chi connectivity index (χ3n) is 3.90. The van der Waals surface area contributed by atoms with E-state index in [9.17, 15) is 18.3 Å². The molecule has 4 heteroatoms. The zero-order valence-corrected chi connectivity index (χ0v) is 10.8. The van der Waals surface area contributed by atoms with Crippen molar-refractivity contribution in [1.29, 1.82) is 0 Å². The number of benzene rings is 1. The Balaban J connectivity index is 2.16. The van der Waals surface area contributed by atoms with Gasteiger partial charge in [-0.3, -0.25) is 0 Å². The van der Waals surface area contributed by atoms with Crippen molar-refractivity contribution in [2.75, 3.05) is 0 Å². The van der Waals surface area contributed by atoms with Crippen LogP contribution in [0.3, 0.4) is 0 Å². The summed E-state index contributed by atoms with van der Waals surface area (Å²) in [5, 5.41) is 10.3. The van der Waals surface area contributed by atoms with Gasteiger partial charge in [-0.15, -0.1) is 0 Å². The van der Waals surface area contributed by atoms with Crippen LogP contribution in [0.2, 0.25) is 0 Å². The standard InChI is InChI=1S/C15H19F3O/c16-15(17,18)13-9-5-8-12(10-13)14(19)11-6-3-1-2-4-7-11/h5,8-11,14,19H,1-4,6-7H2. The van der Waals surface area contributed by atoms with E-state index in [4.69, 9.17) is 0 Å². The van der Waals surface area contributed by atoms with Crippen molar-refractivity contribution >= 4 is 0 Å². The fourth-order valence-electron chi connectivity index (χ4n) is 2.80. The first-order chi connectivity index (χ1) is 8.98. The number of aliphatic hydroxyl groups excluding tert-OH is 1. The molecular formula is C15H19F3O. The molecule has 2 rings (SSSR count). The molecule has 0 amide bonds. The van der Waals surface area contributed by atoms with Gasteiger partial charge in [-0.2, -0.15) is 13.2 Å². The maximum Gasteiger partial charge on any atom is 0.416 e. The monoisotopic (exact) mass is 272 g/mol. The summed E-state index contributed by atoms with van der Waals surface area (Å²) in [5.74, 6) is 0.0889. The van der Waals surface area contributed by atoms with Gasteiger partial charge in [-0.1, -0.05) is 37.8 Å². The van der Waals surface area contributed by atoms with Crippen LogP contribution in [0.15, 0.2) is 24.3 Å². The highest BCUT2D eigenvalue weighted by Gasteiger charge is 2.31. The fraction of sp³-hybridized carbons (Fsp3) is 0.600. The van der Waals surface area contributed by atoms with Crippen LogP contribution in [0, 0.1) is 5.92 Å². The summed E-state index contributed by atoms with van der Waals surface area (Å²) in [6.45, 7) is 0. The van der Waals surface area contributed by atoms with Crippen molar-refractivity contribution in [2.45, 2.75) is 50.8 Å². The van der Waals surface area contributed by atoms with Crippen LogP contribution in [-0.4, -0.2) is 5.11 Å². The van der Waals surface area contributed by atoms with Gasteiger partial charge in [-0.25, -0.2) is 0 Å². The van der Waals surface area contributed by atoms with E-state index >= 15 is 0 Å². The number of aliphatic hydroxyl groups is 1. The normalized spacial score (nSPS) is 20.0. The molecule has 0 radical (unpaired) electrons. The summed E-state index contributed by atoms with van der Waals surface area (Å²) in [5.41, 5.74) is -0.292. The van der Waals surface area contributed by atoms with Gasteiger partial charge in [0.1, 0.15) is 0 Å². The number of rotatable bonds is 2. The highest BCUT2D eigenvalue weighted by molar-refractivity contribution is 5.27. The third kappa shape index (κ3) is 3.72. The Hall–Kier alpha value is -1.03. The van der Waals surface area contributed by atoms with Crippen LogP contribution in [0.25, 0.3) is 0 Å². The molecule has 0 bridgehead atoms. The molecular weight excluding hydrogens is 253 g/mol. The predicted octanol–water partition coefficient (Wildman–Crippen LogP) is 4.71. The summed E-state index contributed by atoms with van der Waals surface area (Å²) in [6.07, 6.45) is 1.10. The zero-order chi connectivity index (χ0) is 13.9. The molecule has 1 aliphatic carbocycles. The summed E-state index contributed by atoms with van der Waals surface area (Å²) in [7, 11) is 0. The van der Waals surface area contributed by atoms with Crippen molar-refractivity contribution < 1.29 is 18.3 Å². The van der Waals surface area contributed by atoms with Crippen molar-refractivity contribution in [1.82, 2.24) is 0 Å². The second-order valence-electron chi connectivity index (χ2n) is 5.32. The first kappa shape index (κ1) is 14.4. The van der Waals surface area contributed by atoms with E-state index in [1.54, 1.807) is 6.07 Å². The number of hydrogen-bond donors (Lipinski definition) is 1. The Morgan fingerprint density at radius 1 is 1.05 bits per heavy atom. The van der Waals surface area contributed by atoms with Gasteiger partial charge < -0.3 is 5.11 Å². The van der Waals surface area contributed by atoms with E-state index < -0.39 is 17.8 Å². The Bertz CT molecular complexity index is 406. The smallest absolute Gasteiger partial charge is 0.388 e. The lowest BCUT2D eigenvalue weighted by atomic mass is 9.89. The topological polar surface area (TPSA) is 20.2 Å². The van der Waals surface area contributed by atoms with Crippen LogP contribution in [-0.2, 0) is 6.18 Å². The first-order valence-electron chi connectivity index (χ1n) is 6.84. The molecule has 106 valence electrons. The van der Waals surface area contributed by atoms with Gasteiger partial charge in [0.25, 0.3) is 0 Å². The lowest BCUT2D eigenvalue weighted by molar-refractivity contribution is -0.137. The van der Waals surface area contributed by atoms with E-state index in [-0.39, 0.29) is 5.92 Å². The van der Waals surface area contributed by atoms with Gasteiger partial charge in [0, 0.05) is 0 Å². The minimum atomic E-state index is -4.35. The Morgan fingerprint density at radius 2 is 1.68 bits per heavy atom. The molecule has 1 saturated carbocycles. The van der Waals surface area contributed by atoms with Crippen molar-refractivity contribution in [3.63, 3.8) is 0 Å². The third-order valence-corrected chi connectivity index (χ3v) is 3.90. The van der Waals surface area contributed by atoms with Crippen molar-refractivity contribution in [3.05, 3.63) is 35.4 Å². The Labute approximate surface area is 111 Å². The predicted molar refractivity (Wildman–Crippen MR) is 67.6 cm³/mol. The number of halogens is 3. The van der Waals surface area contributed by atoms with Crippen LogP contribution in [0.1, 0.15) is 55.8 Å². The Morgan fingerprint density at radius 3 is 2.26 bits per heavy atom. The largest absolute Gasteiger partial charge is 0.416 e. The minimum Gasteiger partial charge on any atom is -0.388 e. The molecule has 1 N–H and O–H groups in total. The van der Waals surface area contributed by atoms with E-state index in [1.165, 1.54) is 6.07 Å². The van der Waals surface area contributed by atoms with Gasteiger partial charge >= 0.3 is 6.18 Å². The molecule has 0 heterocycles. The molecule has 1 unspecified atom stereocenters. The van der Waals surface area contributed by atoms with E-state index in [0.717, 1.165) is 50.7 Å². The van der Waals surface area contributed by atoms with Crippen molar-refractivity contribution in [2.24, 2.45) is 5.92 Å². The van der Waals surface area contributed by atoms with Gasteiger partial charge in [0.2, 0.25) is 0 Å². The number of alkyl halides is 3. The molecule has 0 aromatic heterocycles. The molecule has 1 aliphatic rings. The average Bonchev–Trinajstić information content (AvgIpc) is 2.66. The SMILES string of the molecule is OC(c1cccc(C(F)(F)F)c1)C1CCCCCC1. The second kappa shape index (κ2) is 5.95. The zero-order valence-electron chi connectivity index (χ0n) is 10.8. The Kier molecular flexibility index (Phi) is 4.50. The summed E-state index contributed by atoms with van der Waals surface area (Å²) < 4.78 is 38.0. The summed E-state index contributed by atoms with van der Waals surface area (Å²) >= 11 is 0. The minimum absolute atomic E-state index is 0.0889. The fourth-order valence-corrected chi connectivity index (χ4v) is 2.80.